The largest absolute Gasteiger partial charge is 0.454 e. The lowest BCUT2D eigenvalue weighted by atomic mass is 10.0. The molecule has 0 atom stereocenters. The Morgan fingerprint density at radius 1 is 0.786 bits per heavy atom. The molecule has 0 radical (unpaired) electrons. The van der Waals surface area contributed by atoms with Crippen LogP contribution in [0.3, 0.4) is 0 Å². The Morgan fingerprint density at radius 2 is 1.61 bits per heavy atom. The predicted octanol–water partition coefficient (Wildman–Crippen LogP) is 5.39. The maximum Gasteiger partial charge on any atom is 0.231 e. The number of aromatic nitrogens is 2. The first-order valence-electron chi connectivity index (χ1n) is 9.19. The molecule has 5 heteroatoms. The molecule has 3 aromatic carbocycles. The molecule has 0 amide bonds. The first kappa shape index (κ1) is 16.6. The fourth-order valence-corrected chi connectivity index (χ4v) is 3.41. The van der Waals surface area contributed by atoms with Crippen molar-refractivity contribution in [3.63, 3.8) is 0 Å². The summed E-state index contributed by atoms with van der Waals surface area (Å²) in [6, 6.07) is 20.3. The summed E-state index contributed by atoms with van der Waals surface area (Å²) in [5.74, 6) is 2.20. The molecule has 0 saturated carbocycles. The summed E-state index contributed by atoms with van der Waals surface area (Å²) < 4.78 is 10.8. The lowest BCUT2D eigenvalue weighted by molar-refractivity contribution is 0.174. The molecule has 0 fully saturated rings. The van der Waals surface area contributed by atoms with Gasteiger partial charge in [-0.2, -0.15) is 0 Å². The minimum Gasteiger partial charge on any atom is -0.454 e. The summed E-state index contributed by atoms with van der Waals surface area (Å²) in [6.07, 6.45) is 0. The monoisotopic (exact) mass is 369 g/mol. The van der Waals surface area contributed by atoms with Gasteiger partial charge in [-0.1, -0.05) is 36.4 Å². The fourth-order valence-electron chi connectivity index (χ4n) is 3.41. The molecular formula is C23H19N3O2. The van der Waals surface area contributed by atoms with E-state index in [1.165, 1.54) is 11.1 Å². The number of hydrogen-bond donors (Lipinski definition) is 1. The average Bonchev–Trinajstić information content (AvgIpc) is 3.18. The van der Waals surface area contributed by atoms with E-state index in [9.17, 15) is 0 Å². The van der Waals surface area contributed by atoms with E-state index in [1.54, 1.807) is 0 Å². The van der Waals surface area contributed by atoms with Crippen LogP contribution in [0.4, 0.5) is 11.5 Å². The van der Waals surface area contributed by atoms with Gasteiger partial charge in [0, 0.05) is 28.1 Å². The highest BCUT2D eigenvalue weighted by molar-refractivity contribution is 6.00. The van der Waals surface area contributed by atoms with Gasteiger partial charge in [0.1, 0.15) is 5.69 Å². The quantitative estimate of drug-likeness (QED) is 0.525. The number of nitrogens with one attached hydrogen (secondary N) is 1. The lowest BCUT2D eigenvalue weighted by Crippen LogP contribution is -1.99. The zero-order valence-corrected chi connectivity index (χ0v) is 15.7. The summed E-state index contributed by atoms with van der Waals surface area (Å²) in [5.41, 5.74) is 5.34. The van der Waals surface area contributed by atoms with Crippen molar-refractivity contribution in [1.82, 2.24) is 10.2 Å². The van der Waals surface area contributed by atoms with Crippen molar-refractivity contribution < 1.29 is 9.47 Å². The molecule has 5 rings (SSSR count). The van der Waals surface area contributed by atoms with Gasteiger partial charge in [-0.3, -0.25) is 0 Å². The Labute approximate surface area is 163 Å². The molecule has 0 aliphatic carbocycles. The predicted molar refractivity (Wildman–Crippen MR) is 110 cm³/mol. The van der Waals surface area contributed by atoms with Crippen LogP contribution in [0.2, 0.25) is 0 Å². The van der Waals surface area contributed by atoms with Crippen LogP contribution in [-0.2, 0) is 0 Å². The van der Waals surface area contributed by atoms with E-state index in [0.717, 1.165) is 39.2 Å². The minimum absolute atomic E-state index is 0.256. The van der Waals surface area contributed by atoms with Gasteiger partial charge < -0.3 is 14.8 Å². The van der Waals surface area contributed by atoms with Crippen LogP contribution >= 0.6 is 0 Å². The Balaban J connectivity index is 1.59. The number of hydrogen-bond acceptors (Lipinski definition) is 5. The zero-order valence-electron chi connectivity index (χ0n) is 15.7. The average molecular weight is 369 g/mol. The van der Waals surface area contributed by atoms with Crippen LogP contribution in [0.15, 0.2) is 60.7 Å². The Hall–Kier alpha value is -3.60. The Morgan fingerprint density at radius 3 is 2.46 bits per heavy atom. The van der Waals surface area contributed by atoms with Gasteiger partial charge in [0.25, 0.3) is 0 Å². The van der Waals surface area contributed by atoms with E-state index in [-0.39, 0.29) is 6.79 Å². The molecule has 1 aliphatic rings. The third kappa shape index (κ3) is 2.81. The van der Waals surface area contributed by atoms with Crippen LogP contribution in [0.1, 0.15) is 11.1 Å². The third-order valence-electron chi connectivity index (χ3n) is 5.10. The normalized spacial score (nSPS) is 12.4. The standard InChI is InChI=1S/C23H19N3O2/c1-14-7-8-16(11-15(14)2)22-18-5-3-4-6-19(18)23(26-25-22)24-17-9-10-20-21(12-17)28-13-27-20/h3-12H,13H2,1-2H3,(H,24,26). The maximum atomic E-state index is 5.46. The van der Waals surface area contributed by atoms with Gasteiger partial charge in [0.05, 0.1) is 0 Å². The second-order valence-corrected chi connectivity index (χ2v) is 6.93. The molecule has 0 bridgehead atoms. The van der Waals surface area contributed by atoms with Crippen LogP contribution in [-0.4, -0.2) is 17.0 Å². The number of aryl methyl sites for hydroxylation is 2. The van der Waals surface area contributed by atoms with Crippen molar-refractivity contribution in [3.8, 4) is 22.8 Å². The fraction of sp³-hybridized carbons (Fsp3) is 0.130. The molecule has 5 nitrogen and oxygen atoms in total. The van der Waals surface area contributed by atoms with E-state index in [4.69, 9.17) is 9.47 Å². The zero-order chi connectivity index (χ0) is 19.1. The van der Waals surface area contributed by atoms with Gasteiger partial charge in [0.2, 0.25) is 6.79 Å². The second-order valence-electron chi connectivity index (χ2n) is 6.93. The van der Waals surface area contributed by atoms with Crippen molar-refractivity contribution in [3.05, 3.63) is 71.8 Å². The highest BCUT2D eigenvalue weighted by Gasteiger charge is 2.15. The second kappa shape index (κ2) is 6.53. The molecule has 0 spiro atoms. The van der Waals surface area contributed by atoms with Gasteiger partial charge in [-0.15, -0.1) is 10.2 Å². The van der Waals surface area contributed by atoms with Gasteiger partial charge in [-0.05, 0) is 43.2 Å². The van der Waals surface area contributed by atoms with E-state index in [1.807, 2.05) is 30.3 Å². The number of anilines is 2. The van der Waals surface area contributed by atoms with Crippen molar-refractivity contribution in [2.45, 2.75) is 13.8 Å². The number of rotatable bonds is 3. The molecule has 0 saturated heterocycles. The number of nitrogens with zero attached hydrogens (tertiary/aromatic N) is 2. The molecule has 0 unspecified atom stereocenters. The molecular weight excluding hydrogens is 350 g/mol. The highest BCUT2D eigenvalue weighted by Crippen LogP contribution is 2.36. The highest BCUT2D eigenvalue weighted by atomic mass is 16.7. The third-order valence-corrected chi connectivity index (χ3v) is 5.10. The summed E-state index contributed by atoms with van der Waals surface area (Å²) in [6.45, 7) is 4.48. The van der Waals surface area contributed by atoms with Crippen molar-refractivity contribution in [2.75, 3.05) is 12.1 Å². The first-order chi connectivity index (χ1) is 13.7. The van der Waals surface area contributed by atoms with Gasteiger partial charge in [0.15, 0.2) is 17.3 Å². The SMILES string of the molecule is Cc1ccc(-c2nnc(Nc3ccc4c(c3)OCO4)c3ccccc23)cc1C. The van der Waals surface area contributed by atoms with Crippen molar-refractivity contribution in [1.29, 1.82) is 0 Å². The molecule has 138 valence electrons. The first-order valence-corrected chi connectivity index (χ1v) is 9.19. The summed E-state index contributed by atoms with van der Waals surface area (Å²) in [7, 11) is 0. The number of ether oxygens (including phenoxy) is 2. The smallest absolute Gasteiger partial charge is 0.231 e. The van der Waals surface area contributed by atoms with Crippen molar-refractivity contribution in [2.24, 2.45) is 0 Å². The number of benzene rings is 3. The van der Waals surface area contributed by atoms with E-state index in [2.05, 4.69) is 59.7 Å². The lowest BCUT2D eigenvalue weighted by Gasteiger charge is -2.12. The van der Waals surface area contributed by atoms with Crippen LogP contribution in [0, 0.1) is 13.8 Å². The van der Waals surface area contributed by atoms with Gasteiger partial charge in [-0.25, -0.2) is 0 Å². The van der Waals surface area contributed by atoms with Crippen LogP contribution in [0.5, 0.6) is 11.5 Å². The summed E-state index contributed by atoms with van der Waals surface area (Å²) in [4.78, 5) is 0. The Kier molecular flexibility index (Phi) is 3.86. The molecule has 1 aromatic heterocycles. The van der Waals surface area contributed by atoms with Crippen LogP contribution < -0.4 is 14.8 Å². The maximum absolute atomic E-state index is 5.46. The topological polar surface area (TPSA) is 56.3 Å². The summed E-state index contributed by atoms with van der Waals surface area (Å²) in [5, 5.41) is 14.5. The molecule has 2 heterocycles. The Bertz CT molecular complexity index is 1200. The van der Waals surface area contributed by atoms with E-state index >= 15 is 0 Å². The molecule has 4 aromatic rings. The van der Waals surface area contributed by atoms with E-state index < -0.39 is 0 Å². The van der Waals surface area contributed by atoms with Crippen molar-refractivity contribution >= 4 is 22.3 Å². The summed E-state index contributed by atoms with van der Waals surface area (Å²) >= 11 is 0. The molecule has 1 aliphatic heterocycles. The van der Waals surface area contributed by atoms with Gasteiger partial charge >= 0.3 is 0 Å². The number of fused-ring (bicyclic) bond motifs is 2. The minimum atomic E-state index is 0.256. The van der Waals surface area contributed by atoms with Crippen LogP contribution in [0.25, 0.3) is 22.0 Å². The van der Waals surface area contributed by atoms with E-state index in [0.29, 0.717) is 5.82 Å². The molecule has 28 heavy (non-hydrogen) atoms. The molecule has 1 N–H and O–H groups in total.